The Hall–Kier alpha value is -1.52. The number of benzene rings is 1. The highest BCUT2D eigenvalue weighted by Crippen LogP contribution is 2.30. The Bertz CT molecular complexity index is 726. The Kier molecular flexibility index (Phi) is 3.39. The Labute approximate surface area is 135 Å². The van der Waals surface area contributed by atoms with E-state index in [0.717, 1.165) is 30.5 Å². The third kappa shape index (κ3) is 2.31. The minimum atomic E-state index is 0.107. The number of carbonyl (C=O) groups is 1. The summed E-state index contributed by atoms with van der Waals surface area (Å²) >= 11 is 6.02. The number of halogens is 1. The lowest BCUT2D eigenvalue weighted by molar-refractivity contribution is 0.0776. The highest BCUT2D eigenvalue weighted by molar-refractivity contribution is 6.31. The van der Waals surface area contributed by atoms with E-state index >= 15 is 0 Å². The van der Waals surface area contributed by atoms with Gasteiger partial charge in [0.05, 0.1) is 0 Å². The average molecular weight is 318 g/mol. The Balaban J connectivity index is 1.58. The number of rotatable bonds is 1. The van der Waals surface area contributed by atoms with Crippen molar-refractivity contribution in [2.24, 2.45) is 5.92 Å². The number of carbonyl (C=O) groups excluding carboxylic acids is 1. The van der Waals surface area contributed by atoms with Crippen LogP contribution in [0.25, 0.3) is 10.9 Å². The summed E-state index contributed by atoms with van der Waals surface area (Å²) in [6, 6.07) is 8.09. The smallest absolute Gasteiger partial charge is 0.270 e. The molecule has 2 fully saturated rings. The van der Waals surface area contributed by atoms with Crippen LogP contribution >= 0.6 is 11.6 Å². The lowest BCUT2D eigenvalue weighted by Gasteiger charge is -2.33. The molecule has 4 nitrogen and oxygen atoms in total. The molecule has 1 amide bonds. The number of likely N-dealkylation sites (N-methyl/N-ethyl adjacent to an activating group) is 1. The molecule has 1 aromatic heterocycles. The Morgan fingerprint density at radius 3 is 3.00 bits per heavy atom. The average Bonchev–Trinajstić information content (AvgIpc) is 3.10. The van der Waals surface area contributed by atoms with Crippen LogP contribution in [0, 0.1) is 5.92 Å². The van der Waals surface area contributed by atoms with E-state index in [9.17, 15) is 4.79 Å². The molecule has 0 bridgehead atoms. The zero-order chi connectivity index (χ0) is 15.3. The molecule has 0 spiro atoms. The van der Waals surface area contributed by atoms with Gasteiger partial charge in [-0.1, -0.05) is 11.6 Å². The second kappa shape index (κ2) is 5.28. The molecule has 3 heterocycles. The van der Waals surface area contributed by atoms with Gasteiger partial charge in [-0.25, -0.2) is 0 Å². The molecule has 2 aliphatic heterocycles. The van der Waals surface area contributed by atoms with Crippen molar-refractivity contribution in [3.8, 4) is 0 Å². The molecule has 2 saturated heterocycles. The first-order valence-corrected chi connectivity index (χ1v) is 8.27. The fourth-order valence-corrected chi connectivity index (χ4v) is 4.14. The largest absolute Gasteiger partial charge is 0.351 e. The molecule has 0 radical (unpaired) electrons. The molecular weight excluding hydrogens is 298 g/mol. The van der Waals surface area contributed by atoms with Crippen LogP contribution in [-0.4, -0.2) is 53.4 Å². The number of aromatic amines is 1. The topological polar surface area (TPSA) is 39.3 Å². The van der Waals surface area contributed by atoms with Crippen molar-refractivity contribution in [3.05, 3.63) is 35.0 Å². The van der Waals surface area contributed by atoms with E-state index in [-0.39, 0.29) is 5.91 Å². The van der Waals surface area contributed by atoms with E-state index < -0.39 is 0 Å². The third-order valence-corrected chi connectivity index (χ3v) is 5.39. The molecule has 2 atom stereocenters. The molecule has 0 unspecified atom stereocenters. The highest BCUT2D eigenvalue weighted by Gasteiger charge is 2.39. The molecule has 0 saturated carbocycles. The van der Waals surface area contributed by atoms with Crippen LogP contribution in [0.5, 0.6) is 0 Å². The maximum Gasteiger partial charge on any atom is 0.270 e. The fraction of sp³-hybridized carbons (Fsp3) is 0.471. The number of aromatic nitrogens is 1. The van der Waals surface area contributed by atoms with Crippen LogP contribution < -0.4 is 0 Å². The molecule has 0 aliphatic carbocycles. The predicted molar refractivity (Wildman–Crippen MR) is 88.4 cm³/mol. The number of hydrogen-bond donors (Lipinski definition) is 1. The van der Waals surface area contributed by atoms with Crippen molar-refractivity contribution in [2.75, 3.05) is 26.7 Å². The van der Waals surface area contributed by atoms with Crippen LogP contribution in [0.3, 0.4) is 0 Å². The van der Waals surface area contributed by atoms with Gasteiger partial charge in [-0.2, -0.15) is 0 Å². The first-order valence-electron chi connectivity index (χ1n) is 7.89. The first kappa shape index (κ1) is 14.1. The van der Waals surface area contributed by atoms with E-state index in [1.165, 1.54) is 12.8 Å². The van der Waals surface area contributed by atoms with E-state index in [2.05, 4.69) is 16.9 Å². The standard InChI is InChI=1S/C17H20ClN3O/c1-20-6-2-3-11-9-21(10-16(11)20)17(22)15-8-12-7-13(18)4-5-14(12)19-15/h4-5,7-8,11,16,19H,2-3,6,9-10H2,1H3/t11-,16+/m1/s1. The summed E-state index contributed by atoms with van der Waals surface area (Å²) in [5, 5.41) is 1.68. The monoisotopic (exact) mass is 317 g/mol. The molecule has 1 N–H and O–H groups in total. The lowest BCUT2D eigenvalue weighted by Crippen LogP contribution is -2.42. The number of nitrogens with one attached hydrogen (secondary N) is 1. The van der Waals surface area contributed by atoms with Gasteiger partial charge in [0.25, 0.3) is 5.91 Å². The summed E-state index contributed by atoms with van der Waals surface area (Å²) in [6.07, 6.45) is 2.48. The quantitative estimate of drug-likeness (QED) is 0.878. The zero-order valence-corrected chi connectivity index (χ0v) is 13.4. The van der Waals surface area contributed by atoms with Crippen LogP contribution in [0.2, 0.25) is 5.02 Å². The van der Waals surface area contributed by atoms with Gasteiger partial charge >= 0.3 is 0 Å². The highest BCUT2D eigenvalue weighted by atomic mass is 35.5. The second-order valence-corrected chi connectivity index (χ2v) is 7.01. The molecule has 1 aromatic carbocycles. The first-order chi connectivity index (χ1) is 10.6. The van der Waals surface area contributed by atoms with Gasteiger partial charge in [0, 0.05) is 35.1 Å². The molecule has 4 rings (SSSR count). The van der Waals surface area contributed by atoms with Crippen LogP contribution in [0.4, 0.5) is 0 Å². The number of fused-ring (bicyclic) bond motifs is 2. The minimum absolute atomic E-state index is 0.107. The lowest BCUT2D eigenvalue weighted by atomic mass is 9.93. The number of amides is 1. The SMILES string of the molecule is CN1CCC[C@@H]2CN(C(=O)c3cc4cc(Cl)ccc4[nH]3)C[C@@H]21. The number of likely N-dealkylation sites (tertiary alicyclic amines) is 2. The van der Waals surface area contributed by atoms with E-state index in [0.29, 0.717) is 22.7 Å². The molecule has 2 aromatic rings. The zero-order valence-electron chi connectivity index (χ0n) is 12.7. The third-order valence-electron chi connectivity index (χ3n) is 5.16. The van der Waals surface area contributed by atoms with E-state index in [1.54, 1.807) is 0 Å². The Morgan fingerprint density at radius 1 is 1.32 bits per heavy atom. The molecule has 5 heteroatoms. The van der Waals surface area contributed by atoms with Crippen LogP contribution in [-0.2, 0) is 0 Å². The minimum Gasteiger partial charge on any atom is -0.351 e. The Morgan fingerprint density at radius 2 is 2.18 bits per heavy atom. The fourth-order valence-electron chi connectivity index (χ4n) is 3.96. The molecule has 2 aliphatic rings. The summed E-state index contributed by atoms with van der Waals surface area (Å²) in [6.45, 7) is 2.87. The van der Waals surface area contributed by atoms with Crippen molar-refractivity contribution in [1.82, 2.24) is 14.8 Å². The maximum atomic E-state index is 12.8. The van der Waals surface area contributed by atoms with Gasteiger partial charge < -0.3 is 14.8 Å². The van der Waals surface area contributed by atoms with Gasteiger partial charge in [0.15, 0.2) is 0 Å². The van der Waals surface area contributed by atoms with Crippen molar-refractivity contribution in [1.29, 1.82) is 0 Å². The molecular formula is C17H20ClN3O. The summed E-state index contributed by atoms with van der Waals surface area (Å²) in [4.78, 5) is 20.4. The normalized spacial score (nSPS) is 25.6. The van der Waals surface area contributed by atoms with Gasteiger partial charge in [-0.3, -0.25) is 4.79 Å². The van der Waals surface area contributed by atoms with Crippen molar-refractivity contribution in [2.45, 2.75) is 18.9 Å². The van der Waals surface area contributed by atoms with E-state index in [4.69, 9.17) is 11.6 Å². The maximum absolute atomic E-state index is 12.8. The predicted octanol–water partition coefficient (Wildman–Crippen LogP) is 2.99. The number of nitrogens with zero attached hydrogens (tertiary/aromatic N) is 2. The van der Waals surface area contributed by atoms with Crippen molar-refractivity contribution in [3.63, 3.8) is 0 Å². The van der Waals surface area contributed by atoms with Gasteiger partial charge in [-0.05, 0) is 56.6 Å². The van der Waals surface area contributed by atoms with Crippen LogP contribution in [0.1, 0.15) is 23.3 Å². The number of H-pyrrole nitrogens is 1. The molecule has 22 heavy (non-hydrogen) atoms. The summed E-state index contributed by atoms with van der Waals surface area (Å²) in [5.74, 6) is 0.733. The molecule has 116 valence electrons. The number of piperidine rings is 1. The van der Waals surface area contributed by atoms with Gasteiger partial charge in [0.2, 0.25) is 0 Å². The summed E-state index contributed by atoms with van der Waals surface area (Å²) in [5.41, 5.74) is 1.63. The summed E-state index contributed by atoms with van der Waals surface area (Å²) in [7, 11) is 2.18. The summed E-state index contributed by atoms with van der Waals surface area (Å²) < 4.78 is 0. The number of hydrogen-bond acceptors (Lipinski definition) is 2. The second-order valence-electron chi connectivity index (χ2n) is 6.57. The van der Waals surface area contributed by atoms with E-state index in [1.807, 2.05) is 29.2 Å². The van der Waals surface area contributed by atoms with Crippen LogP contribution in [0.15, 0.2) is 24.3 Å². The van der Waals surface area contributed by atoms with Crippen molar-refractivity contribution >= 4 is 28.4 Å². The van der Waals surface area contributed by atoms with Gasteiger partial charge in [-0.15, -0.1) is 0 Å². The van der Waals surface area contributed by atoms with Gasteiger partial charge in [0.1, 0.15) is 5.69 Å². The van der Waals surface area contributed by atoms with Crippen molar-refractivity contribution < 1.29 is 4.79 Å².